The van der Waals surface area contributed by atoms with Crippen molar-refractivity contribution < 1.29 is 0 Å². The smallest absolute Gasteiger partial charge is 0.185 e. The summed E-state index contributed by atoms with van der Waals surface area (Å²) in [6, 6.07) is 3.71. The maximum Gasteiger partial charge on any atom is 0.185 e. The Morgan fingerprint density at radius 1 is 1.67 bits per heavy atom. The zero-order valence-corrected chi connectivity index (χ0v) is 7.48. The van der Waals surface area contributed by atoms with Crippen LogP contribution in [0.25, 0.3) is 0 Å². The van der Waals surface area contributed by atoms with Gasteiger partial charge in [0.25, 0.3) is 0 Å². The molecule has 1 aromatic heterocycles. The summed E-state index contributed by atoms with van der Waals surface area (Å²) in [5.41, 5.74) is 4.08. The van der Waals surface area contributed by atoms with Crippen molar-refractivity contribution >= 4 is 23.0 Å². The Kier molecular flexibility index (Phi) is 2.95. The lowest BCUT2D eigenvalue weighted by atomic mass is 10.3. The van der Waals surface area contributed by atoms with Gasteiger partial charge in [-0.25, -0.2) is 5.84 Å². The third-order valence-corrected chi connectivity index (χ3v) is 1.61. The minimum absolute atomic E-state index is 0.381. The first-order valence-corrected chi connectivity index (χ1v) is 3.84. The van der Waals surface area contributed by atoms with E-state index in [1.54, 1.807) is 6.20 Å². The first-order valence-electron chi connectivity index (χ1n) is 3.43. The van der Waals surface area contributed by atoms with Crippen molar-refractivity contribution in [1.29, 1.82) is 0 Å². The second-order valence-corrected chi connectivity index (χ2v) is 2.64. The molecule has 0 spiro atoms. The van der Waals surface area contributed by atoms with Crippen LogP contribution in [0.3, 0.4) is 0 Å². The molecule has 0 bridgehead atoms. The molecule has 0 radical (unpaired) electrons. The lowest BCUT2D eigenvalue weighted by Crippen LogP contribution is -2.34. The quantitative estimate of drug-likeness (QED) is 0.336. The first kappa shape index (κ1) is 8.89. The zero-order chi connectivity index (χ0) is 8.97. The molecule has 1 heterocycles. The Bertz CT molecular complexity index is 286. The first-order chi connectivity index (χ1) is 5.74. The molecule has 1 aromatic rings. The number of nitrogens with two attached hydrogens (primary N) is 1. The molecule has 12 heavy (non-hydrogen) atoms. The van der Waals surface area contributed by atoms with Gasteiger partial charge in [0, 0.05) is 6.20 Å². The second-order valence-electron chi connectivity index (χ2n) is 2.23. The van der Waals surface area contributed by atoms with E-state index in [0.29, 0.717) is 5.11 Å². The highest BCUT2D eigenvalue weighted by Crippen LogP contribution is 2.09. The van der Waals surface area contributed by atoms with Crippen molar-refractivity contribution in [1.82, 2.24) is 10.4 Å². The molecular weight excluding hydrogens is 172 g/mol. The fourth-order valence-electron chi connectivity index (χ4n) is 0.775. The summed E-state index contributed by atoms with van der Waals surface area (Å²) in [7, 11) is 0. The van der Waals surface area contributed by atoms with Gasteiger partial charge < -0.3 is 10.7 Å². The van der Waals surface area contributed by atoms with E-state index in [1.807, 2.05) is 19.1 Å². The van der Waals surface area contributed by atoms with Crippen LogP contribution in [-0.2, 0) is 0 Å². The highest BCUT2D eigenvalue weighted by molar-refractivity contribution is 7.80. The van der Waals surface area contributed by atoms with E-state index in [9.17, 15) is 0 Å². The van der Waals surface area contributed by atoms with E-state index >= 15 is 0 Å². The third kappa shape index (κ3) is 2.14. The molecule has 0 unspecified atom stereocenters. The molecule has 0 fully saturated rings. The van der Waals surface area contributed by atoms with Crippen LogP contribution in [0, 0.1) is 6.92 Å². The number of hydrogen-bond donors (Lipinski definition) is 3. The predicted octanol–water partition coefficient (Wildman–Crippen LogP) is 0.550. The summed E-state index contributed by atoms with van der Waals surface area (Å²) in [6.07, 6.45) is 1.72. The van der Waals surface area contributed by atoms with E-state index in [-0.39, 0.29) is 0 Å². The van der Waals surface area contributed by atoms with E-state index in [1.165, 1.54) is 0 Å². The molecule has 4 N–H and O–H groups in total. The second kappa shape index (κ2) is 3.99. The lowest BCUT2D eigenvalue weighted by Gasteiger charge is -2.07. The Labute approximate surface area is 76.1 Å². The molecule has 0 aliphatic carbocycles. The van der Waals surface area contributed by atoms with Crippen molar-refractivity contribution in [2.45, 2.75) is 6.92 Å². The summed E-state index contributed by atoms with van der Waals surface area (Å²) in [5, 5.41) is 3.27. The van der Waals surface area contributed by atoms with Gasteiger partial charge in [-0.05, 0) is 31.3 Å². The fourth-order valence-corrected chi connectivity index (χ4v) is 0.885. The van der Waals surface area contributed by atoms with Crippen molar-refractivity contribution in [3.8, 4) is 0 Å². The number of aryl methyl sites for hydroxylation is 1. The topological polar surface area (TPSA) is 63.0 Å². The van der Waals surface area contributed by atoms with Gasteiger partial charge in [-0.2, -0.15) is 0 Å². The molecule has 1 rings (SSSR count). The number of aromatic nitrogens is 1. The molecule has 0 atom stereocenters. The van der Waals surface area contributed by atoms with Crippen LogP contribution in [0.4, 0.5) is 5.69 Å². The van der Waals surface area contributed by atoms with Crippen LogP contribution in [0.5, 0.6) is 0 Å². The minimum Gasteiger partial charge on any atom is -0.330 e. The Hall–Kier alpha value is -1.20. The molecule has 0 amide bonds. The number of nitrogens with one attached hydrogen (secondary N) is 2. The predicted molar refractivity (Wildman–Crippen MR) is 52.5 cm³/mol. The van der Waals surface area contributed by atoms with Gasteiger partial charge in [0.2, 0.25) is 0 Å². The van der Waals surface area contributed by atoms with Gasteiger partial charge in [0.15, 0.2) is 5.11 Å². The van der Waals surface area contributed by atoms with Crippen LogP contribution in [0.15, 0.2) is 18.3 Å². The average Bonchev–Trinajstić information content (AvgIpc) is 2.09. The van der Waals surface area contributed by atoms with Gasteiger partial charge in [-0.1, -0.05) is 0 Å². The molecule has 0 aromatic carbocycles. The van der Waals surface area contributed by atoms with Crippen molar-refractivity contribution in [2.75, 3.05) is 5.32 Å². The van der Waals surface area contributed by atoms with Crippen LogP contribution in [0.1, 0.15) is 5.69 Å². The highest BCUT2D eigenvalue weighted by atomic mass is 32.1. The van der Waals surface area contributed by atoms with E-state index in [0.717, 1.165) is 11.4 Å². The van der Waals surface area contributed by atoms with Crippen LogP contribution >= 0.6 is 12.2 Å². The summed E-state index contributed by atoms with van der Waals surface area (Å²) in [6.45, 7) is 1.89. The van der Waals surface area contributed by atoms with Crippen molar-refractivity contribution in [3.63, 3.8) is 0 Å². The molecule has 64 valence electrons. The number of thiocarbonyl (C=S) groups is 1. The molecule has 0 saturated heterocycles. The van der Waals surface area contributed by atoms with Crippen LogP contribution in [-0.4, -0.2) is 10.1 Å². The standard InChI is InChI=1S/C7H10N4S/c1-5-6(3-2-4-9-5)10-7(12)11-8/h2-4H,8H2,1H3,(H2,10,11,12). The maximum absolute atomic E-state index is 5.10. The molecule has 0 aliphatic heterocycles. The number of pyridine rings is 1. The number of hydrazine groups is 1. The molecule has 5 heteroatoms. The number of hydrogen-bond acceptors (Lipinski definition) is 3. The van der Waals surface area contributed by atoms with Gasteiger partial charge in [-0.3, -0.25) is 4.98 Å². The number of anilines is 1. The van der Waals surface area contributed by atoms with E-state index in [4.69, 9.17) is 18.1 Å². The monoisotopic (exact) mass is 182 g/mol. The minimum atomic E-state index is 0.381. The largest absolute Gasteiger partial charge is 0.330 e. The molecule has 0 aliphatic rings. The molecule has 4 nitrogen and oxygen atoms in total. The summed E-state index contributed by atoms with van der Waals surface area (Å²) >= 11 is 4.82. The van der Waals surface area contributed by atoms with Gasteiger partial charge in [-0.15, -0.1) is 0 Å². The Morgan fingerprint density at radius 2 is 2.42 bits per heavy atom. The lowest BCUT2D eigenvalue weighted by molar-refractivity contribution is 1.04. The average molecular weight is 182 g/mol. The number of rotatable bonds is 1. The normalized spacial score (nSPS) is 9.17. The van der Waals surface area contributed by atoms with E-state index in [2.05, 4.69) is 15.7 Å². The number of nitrogens with zero attached hydrogens (tertiary/aromatic N) is 1. The fraction of sp³-hybridized carbons (Fsp3) is 0.143. The van der Waals surface area contributed by atoms with Gasteiger partial charge in [0.1, 0.15) is 0 Å². The summed E-state index contributed by atoms with van der Waals surface area (Å²) in [4.78, 5) is 4.08. The maximum atomic E-state index is 5.10. The Balaban J connectivity index is 2.75. The SMILES string of the molecule is Cc1ncccc1NC(=S)NN. The summed E-state index contributed by atoms with van der Waals surface area (Å²) in [5.74, 6) is 5.10. The van der Waals surface area contributed by atoms with Crippen LogP contribution < -0.4 is 16.6 Å². The van der Waals surface area contributed by atoms with Crippen LogP contribution in [0.2, 0.25) is 0 Å². The van der Waals surface area contributed by atoms with E-state index < -0.39 is 0 Å². The summed E-state index contributed by atoms with van der Waals surface area (Å²) < 4.78 is 0. The van der Waals surface area contributed by atoms with Crippen molar-refractivity contribution in [3.05, 3.63) is 24.0 Å². The third-order valence-electron chi connectivity index (χ3n) is 1.39. The molecule has 0 saturated carbocycles. The highest BCUT2D eigenvalue weighted by Gasteiger charge is 1.98. The molecular formula is C7H10N4S. The zero-order valence-electron chi connectivity index (χ0n) is 6.66. The Morgan fingerprint density at radius 3 is 3.00 bits per heavy atom. The van der Waals surface area contributed by atoms with Gasteiger partial charge in [0.05, 0.1) is 11.4 Å². The van der Waals surface area contributed by atoms with Crippen molar-refractivity contribution in [2.24, 2.45) is 5.84 Å². The van der Waals surface area contributed by atoms with Gasteiger partial charge >= 0.3 is 0 Å².